The Bertz CT molecular complexity index is 597. The molecule has 2 nitrogen and oxygen atoms in total. The van der Waals surface area contributed by atoms with E-state index in [-0.39, 0.29) is 11.5 Å². The predicted molar refractivity (Wildman–Crippen MR) is 76.5 cm³/mol. The molecule has 0 saturated heterocycles. The van der Waals surface area contributed by atoms with Crippen LogP contribution in [0.4, 0.5) is 4.39 Å². The maximum absolute atomic E-state index is 13.5. The lowest BCUT2D eigenvalue weighted by atomic mass is 10.1. The van der Waals surface area contributed by atoms with Gasteiger partial charge >= 0.3 is 0 Å². The number of halogens is 2. The van der Waals surface area contributed by atoms with Crippen molar-refractivity contribution in [2.75, 3.05) is 6.54 Å². The Morgan fingerprint density at radius 3 is 2.84 bits per heavy atom. The number of amides is 1. The SMILES string of the molecule is Cc1ccc(F)c(C(=O)NCCc2ccc(Cl)s2)c1. The van der Waals surface area contributed by atoms with Crippen molar-refractivity contribution < 1.29 is 9.18 Å². The summed E-state index contributed by atoms with van der Waals surface area (Å²) in [4.78, 5) is 12.9. The Kier molecular flexibility index (Phi) is 4.56. The molecule has 1 N–H and O–H groups in total. The molecule has 0 radical (unpaired) electrons. The lowest BCUT2D eigenvalue weighted by Gasteiger charge is -2.06. The van der Waals surface area contributed by atoms with Gasteiger partial charge in [-0.15, -0.1) is 11.3 Å². The number of rotatable bonds is 4. The van der Waals surface area contributed by atoms with Crippen molar-refractivity contribution in [2.45, 2.75) is 13.3 Å². The van der Waals surface area contributed by atoms with Crippen LogP contribution >= 0.6 is 22.9 Å². The predicted octanol–water partition coefficient (Wildman–Crippen LogP) is 3.82. The third kappa shape index (κ3) is 3.78. The Morgan fingerprint density at radius 1 is 1.37 bits per heavy atom. The van der Waals surface area contributed by atoms with Gasteiger partial charge in [-0.05, 0) is 37.6 Å². The molecule has 2 aromatic rings. The van der Waals surface area contributed by atoms with Gasteiger partial charge in [0.1, 0.15) is 5.82 Å². The van der Waals surface area contributed by atoms with Crippen molar-refractivity contribution in [1.82, 2.24) is 5.32 Å². The molecule has 1 heterocycles. The Hall–Kier alpha value is -1.39. The molecule has 5 heteroatoms. The first-order chi connectivity index (χ1) is 9.06. The minimum absolute atomic E-state index is 0.0872. The van der Waals surface area contributed by atoms with Crippen molar-refractivity contribution in [1.29, 1.82) is 0 Å². The molecule has 1 amide bonds. The summed E-state index contributed by atoms with van der Waals surface area (Å²) in [6.45, 7) is 2.28. The fourth-order valence-corrected chi connectivity index (χ4v) is 2.78. The van der Waals surface area contributed by atoms with Crippen LogP contribution in [0.3, 0.4) is 0 Å². The first-order valence-corrected chi connectivity index (χ1v) is 7.04. The molecule has 0 aliphatic heterocycles. The molecule has 19 heavy (non-hydrogen) atoms. The highest BCUT2D eigenvalue weighted by molar-refractivity contribution is 7.16. The minimum Gasteiger partial charge on any atom is -0.352 e. The van der Waals surface area contributed by atoms with Gasteiger partial charge in [0.15, 0.2) is 0 Å². The van der Waals surface area contributed by atoms with E-state index >= 15 is 0 Å². The fraction of sp³-hybridized carbons (Fsp3) is 0.214. The third-order valence-corrected chi connectivity index (χ3v) is 3.94. The molecule has 1 aromatic heterocycles. The number of aryl methyl sites for hydroxylation is 1. The summed E-state index contributed by atoms with van der Waals surface area (Å²) in [6, 6.07) is 8.24. The Morgan fingerprint density at radius 2 is 2.16 bits per heavy atom. The number of nitrogens with one attached hydrogen (secondary N) is 1. The normalized spacial score (nSPS) is 10.5. The molecular formula is C14H13ClFNOS. The van der Waals surface area contributed by atoms with Crippen LogP contribution in [0.1, 0.15) is 20.8 Å². The number of hydrogen-bond donors (Lipinski definition) is 1. The lowest BCUT2D eigenvalue weighted by Crippen LogP contribution is -2.26. The maximum atomic E-state index is 13.5. The Balaban J connectivity index is 1.92. The second-order valence-corrected chi connectivity index (χ2v) is 5.99. The van der Waals surface area contributed by atoms with Crippen molar-refractivity contribution in [3.05, 3.63) is 56.5 Å². The molecule has 0 saturated carbocycles. The van der Waals surface area contributed by atoms with Crippen molar-refractivity contribution >= 4 is 28.8 Å². The van der Waals surface area contributed by atoms with Crippen LogP contribution in [0.2, 0.25) is 4.34 Å². The molecule has 0 bridgehead atoms. The number of benzene rings is 1. The first-order valence-electron chi connectivity index (χ1n) is 5.85. The summed E-state index contributed by atoms with van der Waals surface area (Å²) in [5.74, 6) is -0.883. The smallest absolute Gasteiger partial charge is 0.254 e. The summed E-state index contributed by atoms with van der Waals surface area (Å²) in [5, 5.41) is 2.71. The molecule has 0 spiro atoms. The summed E-state index contributed by atoms with van der Waals surface area (Å²) < 4.78 is 14.2. The van der Waals surface area contributed by atoms with Gasteiger partial charge in [0.05, 0.1) is 9.90 Å². The van der Waals surface area contributed by atoms with Crippen molar-refractivity contribution in [3.63, 3.8) is 0 Å². The van der Waals surface area contributed by atoms with Crippen molar-refractivity contribution in [3.8, 4) is 0 Å². The van der Waals surface area contributed by atoms with Gasteiger partial charge in [-0.2, -0.15) is 0 Å². The standard InChI is InChI=1S/C14H13ClFNOS/c1-9-2-4-12(16)11(8-9)14(18)17-7-6-10-3-5-13(15)19-10/h2-5,8H,6-7H2,1H3,(H,17,18). The molecular weight excluding hydrogens is 285 g/mol. The zero-order valence-corrected chi connectivity index (χ0v) is 11.9. The van der Waals surface area contributed by atoms with Gasteiger partial charge in [0.2, 0.25) is 0 Å². The van der Waals surface area contributed by atoms with Crippen molar-refractivity contribution in [2.24, 2.45) is 0 Å². The summed E-state index contributed by atoms with van der Waals surface area (Å²) in [5.41, 5.74) is 0.945. The number of thiophene rings is 1. The van der Waals surface area contributed by atoms with E-state index in [4.69, 9.17) is 11.6 Å². The monoisotopic (exact) mass is 297 g/mol. The maximum Gasteiger partial charge on any atom is 0.254 e. The van der Waals surface area contributed by atoms with E-state index in [0.717, 1.165) is 14.8 Å². The van der Waals surface area contributed by atoms with Gasteiger partial charge < -0.3 is 5.32 Å². The number of carbonyl (C=O) groups excluding carboxylic acids is 1. The lowest BCUT2D eigenvalue weighted by molar-refractivity contribution is 0.0950. The van der Waals surface area contributed by atoms with Crippen LogP contribution in [0.5, 0.6) is 0 Å². The van der Waals surface area contributed by atoms with Crippen LogP contribution in [0, 0.1) is 12.7 Å². The van der Waals surface area contributed by atoms with E-state index < -0.39 is 5.82 Å². The molecule has 1 aromatic carbocycles. The largest absolute Gasteiger partial charge is 0.352 e. The molecule has 0 unspecified atom stereocenters. The van der Waals surface area contributed by atoms with Gasteiger partial charge in [-0.3, -0.25) is 4.79 Å². The number of hydrogen-bond acceptors (Lipinski definition) is 2. The zero-order chi connectivity index (χ0) is 13.8. The number of carbonyl (C=O) groups is 1. The fourth-order valence-electron chi connectivity index (χ4n) is 1.69. The molecule has 0 fully saturated rings. The minimum atomic E-state index is -0.498. The van der Waals surface area contributed by atoms with Crippen LogP contribution in [-0.2, 0) is 6.42 Å². The summed E-state index contributed by atoms with van der Waals surface area (Å²) in [6.07, 6.45) is 0.691. The van der Waals surface area contributed by atoms with Crippen LogP contribution in [0.15, 0.2) is 30.3 Å². The van der Waals surface area contributed by atoms with Crippen LogP contribution in [0.25, 0.3) is 0 Å². The van der Waals surface area contributed by atoms with Gasteiger partial charge in [-0.1, -0.05) is 23.2 Å². The average Bonchev–Trinajstić information content (AvgIpc) is 2.78. The second-order valence-electron chi connectivity index (χ2n) is 4.20. The highest BCUT2D eigenvalue weighted by Gasteiger charge is 2.11. The van der Waals surface area contributed by atoms with E-state index in [0.29, 0.717) is 13.0 Å². The Labute approximate surface area is 120 Å². The van der Waals surface area contributed by atoms with Crippen LogP contribution < -0.4 is 5.32 Å². The van der Waals surface area contributed by atoms with E-state index in [2.05, 4.69) is 5.32 Å². The molecule has 0 aliphatic carbocycles. The van der Waals surface area contributed by atoms with E-state index in [1.54, 1.807) is 12.1 Å². The van der Waals surface area contributed by atoms with E-state index in [1.807, 2.05) is 19.1 Å². The quantitative estimate of drug-likeness (QED) is 0.913. The van der Waals surface area contributed by atoms with Crippen LogP contribution in [-0.4, -0.2) is 12.5 Å². The van der Waals surface area contributed by atoms with E-state index in [1.165, 1.54) is 17.4 Å². The average molecular weight is 298 g/mol. The first kappa shape index (κ1) is 14.0. The highest BCUT2D eigenvalue weighted by atomic mass is 35.5. The van der Waals surface area contributed by atoms with E-state index in [9.17, 15) is 9.18 Å². The topological polar surface area (TPSA) is 29.1 Å². The second kappa shape index (κ2) is 6.17. The summed E-state index contributed by atoms with van der Waals surface area (Å²) in [7, 11) is 0. The third-order valence-electron chi connectivity index (χ3n) is 2.65. The molecule has 2 rings (SSSR count). The zero-order valence-electron chi connectivity index (χ0n) is 10.4. The van der Waals surface area contributed by atoms with Gasteiger partial charge in [0, 0.05) is 11.4 Å². The molecule has 100 valence electrons. The summed E-state index contributed by atoms with van der Waals surface area (Å²) >= 11 is 7.30. The van der Waals surface area contributed by atoms with Gasteiger partial charge in [-0.25, -0.2) is 4.39 Å². The van der Waals surface area contributed by atoms with Gasteiger partial charge in [0.25, 0.3) is 5.91 Å². The molecule has 0 atom stereocenters. The highest BCUT2D eigenvalue weighted by Crippen LogP contribution is 2.21. The molecule has 0 aliphatic rings.